The maximum absolute atomic E-state index is 11.5. The van der Waals surface area contributed by atoms with Gasteiger partial charge in [-0.15, -0.1) is 0 Å². The van der Waals surface area contributed by atoms with Crippen molar-refractivity contribution in [1.29, 1.82) is 5.26 Å². The van der Waals surface area contributed by atoms with Gasteiger partial charge in [0.05, 0.1) is 19.1 Å². The van der Waals surface area contributed by atoms with E-state index in [9.17, 15) is 9.59 Å². The highest BCUT2D eigenvalue weighted by Gasteiger charge is 2.35. The first kappa shape index (κ1) is 11.2. The Bertz CT molecular complexity index is 354. The number of allylic oxidation sites excluding steroid dienone is 2. The number of amides is 1. The van der Waals surface area contributed by atoms with Crippen LogP contribution in [0.15, 0.2) is 11.8 Å². The molecule has 1 saturated heterocycles. The number of carbonyl (C=O) groups is 2. The van der Waals surface area contributed by atoms with Gasteiger partial charge in [-0.25, -0.2) is 0 Å². The molecule has 0 aromatic carbocycles. The molecule has 1 heterocycles. The fraction of sp³-hybridized carbons (Fsp3) is 0.500. The zero-order valence-electron chi connectivity index (χ0n) is 8.69. The van der Waals surface area contributed by atoms with Gasteiger partial charge < -0.3 is 9.64 Å². The highest BCUT2D eigenvalue weighted by atomic mass is 16.5. The summed E-state index contributed by atoms with van der Waals surface area (Å²) in [6, 6.07) is 1.85. The average Bonchev–Trinajstić information content (AvgIpc) is 2.59. The Morgan fingerprint density at radius 3 is 2.93 bits per heavy atom. The molecule has 1 atom stereocenters. The van der Waals surface area contributed by atoms with Crippen LogP contribution in [0.25, 0.3) is 0 Å². The van der Waals surface area contributed by atoms with Gasteiger partial charge in [0, 0.05) is 24.7 Å². The second-order valence-corrected chi connectivity index (χ2v) is 3.34. The highest BCUT2D eigenvalue weighted by molar-refractivity contribution is 5.87. The standard InChI is InChI=1S/C10H12N2O3/c1-7(3-4-11)12-6-8(5-9(12)13)10(14)15-2/h3,8H,5-6H2,1-2H3. The average molecular weight is 208 g/mol. The van der Waals surface area contributed by atoms with Gasteiger partial charge >= 0.3 is 5.97 Å². The Hall–Kier alpha value is -1.83. The fourth-order valence-electron chi connectivity index (χ4n) is 1.54. The number of carbonyl (C=O) groups excluding carboxylic acids is 2. The molecule has 1 amide bonds. The summed E-state index contributed by atoms with van der Waals surface area (Å²) in [7, 11) is 1.30. The van der Waals surface area contributed by atoms with Crippen molar-refractivity contribution in [3.63, 3.8) is 0 Å². The van der Waals surface area contributed by atoms with E-state index in [2.05, 4.69) is 4.74 Å². The maximum atomic E-state index is 11.5. The van der Waals surface area contributed by atoms with Crippen molar-refractivity contribution in [2.24, 2.45) is 5.92 Å². The number of hydrogen-bond donors (Lipinski definition) is 0. The third-order valence-electron chi connectivity index (χ3n) is 2.36. The zero-order chi connectivity index (χ0) is 11.4. The van der Waals surface area contributed by atoms with Crippen LogP contribution in [0.3, 0.4) is 0 Å². The summed E-state index contributed by atoms with van der Waals surface area (Å²) >= 11 is 0. The molecule has 1 unspecified atom stereocenters. The van der Waals surface area contributed by atoms with Crippen molar-refractivity contribution >= 4 is 11.9 Å². The lowest BCUT2D eigenvalue weighted by atomic mass is 10.1. The van der Waals surface area contributed by atoms with E-state index in [0.717, 1.165) is 0 Å². The third-order valence-corrected chi connectivity index (χ3v) is 2.36. The minimum absolute atomic E-state index is 0.144. The molecule has 0 N–H and O–H groups in total. The monoisotopic (exact) mass is 208 g/mol. The second kappa shape index (κ2) is 4.60. The molecular weight excluding hydrogens is 196 g/mol. The molecule has 1 rings (SSSR count). The van der Waals surface area contributed by atoms with Crippen molar-refractivity contribution in [2.75, 3.05) is 13.7 Å². The molecule has 5 heteroatoms. The quantitative estimate of drug-likeness (QED) is 0.487. The van der Waals surface area contributed by atoms with Gasteiger partial charge in [-0.05, 0) is 6.92 Å². The van der Waals surface area contributed by atoms with Crippen LogP contribution in [0, 0.1) is 17.2 Å². The molecule has 1 fully saturated rings. The molecule has 5 nitrogen and oxygen atoms in total. The smallest absolute Gasteiger partial charge is 0.311 e. The van der Waals surface area contributed by atoms with E-state index in [4.69, 9.17) is 5.26 Å². The normalized spacial score (nSPS) is 21.4. The van der Waals surface area contributed by atoms with Crippen LogP contribution in [-0.4, -0.2) is 30.4 Å². The minimum atomic E-state index is -0.412. The van der Waals surface area contributed by atoms with Crippen molar-refractivity contribution in [1.82, 2.24) is 4.90 Å². The number of esters is 1. The summed E-state index contributed by atoms with van der Waals surface area (Å²) in [5.41, 5.74) is 0.564. The van der Waals surface area contributed by atoms with E-state index in [1.807, 2.05) is 6.07 Å². The number of methoxy groups -OCH3 is 1. The van der Waals surface area contributed by atoms with Gasteiger partial charge in [0.15, 0.2) is 0 Å². The molecular formula is C10H12N2O3. The number of likely N-dealkylation sites (tertiary alicyclic amines) is 1. The summed E-state index contributed by atoms with van der Waals surface area (Å²) < 4.78 is 4.57. The van der Waals surface area contributed by atoms with E-state index in [1.165, 1.54) is 18.1 Å². The number of nitrogens with zero attached hydrogens (tertiary/aromatic N) is 2. The molecule has 1 aliphatic rings. The van der Waals surface area contributed by atoms with Crippen LogP contribution in [0.1, 0.15) is 13.3 Å². The predicted molar refractivity (Wildman–Crippen MR) is 51.2 cm³/mol. The van der Waals surface area contributed by atoms with Crippen LogP contribution in [-0.2, 0) is 14.3 Å². The van der Waals surface area contributed by atoms with E-state index in [1.54, 1.807) is 6.92 Å². The SMILES string of the molecule is COC(=O)C1CC(=O)N(C(C)=CC#N)C1. The van der Waals surface area contributed by atoms with Gasteiger partial charge in [-0.1, -0.05) is 0 Å². The summed E-state index contributed by atoms with van der Waals surface area (Å²) in [5, 5.41) is 8.45. The van der Waals surface area contributed by atoms with Crippen LogP contribution in [0.2, 0.25) is 0 Å². The molecule has 15 heavy (non-hydrogen) atoms. The molecule has 0 aromatic rings. The maximum Gasteiger partial charge on any atom is 0.311 e. The molecule has 0 spiro atoms. The summed E-state index contributed by atoms with van der Waals surface area (Å²) in [5.74, 6) is -0.936. The van der Waals surface area contributed by atoms with Crippen LogP contribution in [0.5, 0.6) is 0 Å². The highest BCUT2D eigenvalue weighted by Crippen LogP contribution is 2.22. The predicted octanol–water partition coefficient (Wildman–Crippen LogP) is 0.435. The van der Waals surface area contributed by atoms with Crippen LogP contribution < -0.4 is 0 Å². The lowest BCUT2D eigenvalue weighted by Gasteiger charge is -2.15. The first-order chi connectivity index (χ1) is 7.10. The van der Waals surface area contributed by atoms with Gasteiger partial charge in [0.25, 0.3) is 0 Å². The lowest BCUT2D eigenvalue weighted by molar-refractivity contribution is -0.145. The van der Waals surface area contributed by atoms with E-state index in [-0.39, 0.29) is 18.3 Å². The lowest BCUT2D eigenvalue weighted by Crippen LogP contribution is -2.24. The molecule has 0 radical (unpaired) electrons. The Balaban J connectivity index is 2.74. The Labute approximate surface area is 87.9 Å². The van der Waals surface area contributed by atoms with Crippen molar-refractivity contribution < 1.29 is 14.3 Å². The summed E-state index contributed by atoms with van der Waals surface area (Å²) in [4.78, 5) is 24.1. The Kier molecular flexibility index (Phi) is 3.45. The molecule has 0 aromatic heterocycles. The first-order valence-electron chi connectivity index (χ1n) is 4.54. The molecule has 1 aliphatic heterocycles. The first-order valence-corrected chi connectivity index (χ1v) is 4.54. The van der Waals surface area contributed by atoms with E-state index >= 15 is 0 Å². The van der Waals surface area contributed by atoms with E-state index in [0.29, 0.717) is 12.2 Å². The molecule has 0 saturated carbocycles. The van der Waals surface area contributed by atoms with Gasteiger partial charge in [-0.3, -0.25) is 9.59 Å². The largest absolute Gasteiger partial charge is 0.469 e. The zero-order valence-corrected chi connectivity index (χ0v) is 8.69. The van der Waals surface area contributed by atoms with Crippen molar-refractivity contribution in [2.45, 2.75) is 13.3 Å². The summed E-state index contributed by atoms with van der Waals surface area (Å²) in [6.45, 7) is 1.97. The number of rotatable bonds is 2. The molecule has 0 aliphatic carbocycles. The van der Waals surface area contributed by atoms with Crippen LogP contribution >= 0.6 is 0 Å². The van der Waals surface area contributed by atoms with Gasteiger partial charge in [0.1, 0.15) is 0 Å². The second-order valence-electron chi connectivity index (χ2n) is 3.34. The van der Waals surface area contributed by atoms with Crippen molar-refractivity contribution in [3.05, 3.63) is 11.8 Å². The molecule has 0 bridgehead atoms. The summed E-state index contributed by atoms with van der Waals surface area (Å²) in [6.07, 6.45) is 1.45. The Morgan fingerprint density at radius 2 is 2.40 bits per heavy atom. The fourth-order valence-corrected chi connectivity index (χ4v) is 1.54. The van der Waals surface area contributed by atoms with Crippen molar-refractivity contribution in [3.8, 4) is 6.07 Å². The third kappa shape index (κ3) is 2.34. The molecule has 80 valence electrons. The topological polar surface area (TPSA) is 70.4 Å². The Morgan fingerprint density at radius 1 is 1.73 bits per heavy atom. The van der Waals surface area contributed by atoms with Gasteiger partial charge in [-0.2, -0.15) is 5.26 Å². The number of hydrogen-bond acceptors (Lipinski definition) is 4. The number of nitriles is 1. The number of ether oxygens (including phenoxy) is 1. The van der Waals surface area contributed by atoms with Crippen LogP contribution in [0.4, 0.5) is 0 Å². The van der Waals surface area contributed by atoms with Gasteiger partial charge in [0.2, 0.25) is 5.91 Å². The minimum Gasteiger partial charge on any atom is -0.469 e. The van der Waals surface area contributed by atoms with E-state index < -0.39 is 5.92 Å².